The minimum absolute atomic E-state index is 0.196. The number of nitrogens with two attached hydrogens (primary N) is 1. The maximum absolute atomic E-state index is 10.7. The molecule has 2 heterocycles. The van der Waals surface area contributed by atoms with Gasteiger partial charge in [0.05, 0.1) is 10.0 Å². The number of carboxylic acid groups (broad SMARTS) is 1. The number of hydrogen-bond acceptors (Lipinski definition) is 4. The van der Waals surface area contributed by atoms with Gasteiger partial charge in [-0.1, -0.05) is 41.4 Å². The third kappa shape index (κ3) is 3.68. The Hall–Kier alpha value is -1.82. The number of nitrogens with zero attached hydrogens (tertiary/aromatic N) is 1. The highest BCUT2D eigenvalue weighted by atomic mass is 35.5. The Bertz CT molecular complexity index is 680. The molecule has 22 heavy (non-hydrogen) atoms. The van der Waals surface area contributed by atoms with E-state index in [-0.39, 0.29) is 6.61 Å². The summed E-state index contributed by atoms with van der Waals surface area (Å²) in [6.07, 6.45) is 1.59. The molecule has 0 saturated carbocycles. The quantitative estimate of drug-likeness (QED) is 0.877. The summed E-state index contributed by atoms with van der Waals surface area (Å²) in [5.41, 5.74) is 6.93. The Morgan fingerprint density at radius 2 is 2.14 bits per heavy atom. The summed E-state index contributed by atoms with van der Waals surface area (Å²) in [7, 11) is 0. The van der Waals surface area contributed by atoms with Crippen LogP contribution >= 0.6 is 23.2 Å². The lowest BCUT2D eigenvalue weighted by Crippen LogP contribution is -2.12. The summed E-state index contributed by atoms with van der Waals surface area (Å²) in [4.78, 5) is 14.6. The van der Waals surface area contributed by atoms with Crippen LogP contribution in [0.4, 0.5) is 0 Å². The number of rotatable bonds is 2. The topological polar surface area (TPSA) is 85.4 Å². The molecule has 0 bridgehead atoms. The number of ether oxygens (including phenoxy) is 1. The van der Waals surface area contributed by atoms with Gasteiger partial charge in [0, 0.05) is 18.3 Å². The minimum Gasteiger partial charge on any atom is -0.481 e. The van der Waals surface area contributed by atoms with Crippen molar-refractivity contribution >= 4 is 29.2 Å². The molecule has 0 spiro atoms. The number of benzene rings is 1. The summed E-state index contributed by atoms with van der Waals surface area (Å²) in [5, 5.41) is 9.87. The lowest BCUT2D eigenvalue weighted by Gasteiger charge is -2.00. The number of pyridine rings is 1. The zero-order valence-electron chi connectivity index (χ0n) is 11.5. The van der Waals surface area contributed by atoms with Crippen LogP contribution in [0.25, 0.3) is 0 Å². The molecule has 5 nitrogen and oxygen atoms in total. The van der Waals surface area contributed by atoms with E-state index < -0.39 is 11.9 Å². The van der Waals surface area contributed by atoms with E-state index in [2.05, 4.69) is 4.98 Å². The average Bonchev–Trinajstić information content (AvgIpc) is 2.95. The Balaban J connectivity index is 0.000000164. The largest absolute Gasteiger partial charge is 0.481 e. The van der Waals surface area contributed by atoms with Crippen LogP contribution < -0.4 is 10.5 Å². The molecule has 1 aliphatic heterocycles. The molecule has 0 amide bonds. The van der Waals surface area contributed by atoms with Crippen LogP contribution in [-0.4, -0.2) is 22.7 Å². The summed E-state index contributed by atoms with van der Waals surface area (Å²) in [5.74, 6) is -0.958. The fourth-order valence-electron chi connectivity index (χ4n) is 1.95. The summed E-state index contributed by atoms with van der Waals surface area (Å²) >= 11 is 11.5. The van der Waals surface area contributed by atoms with Crippen LogP contribution in [0.15, 0.2) is 36.5 Å². The predicted octanol–water partition coefficient (Wildman–Crippen LogP) is 3.09. The molecular weight excluding hydrogens is 327 g/mol. The van der Waals surface area contributed by atoms with Crippen LogP contribution in [0.1, 0.15) is 17.0 Å². The van der Waals surface area contributed by atoms with Gasteiger partial charge in [0.1, 0.15) is 12.5 Å². The van der Waals surface area contributed by atoms with Gasteiger partial charge in [-0.3, -0.25) is 4.79 Å². The van der Waals surface area contributed by atoms with E-state index in [1.165, 1.54) is 0 Å². The van der Waals surface area contributed by atoms with Crippen molar-refractivity contribution in [2.24, 2.45) is 5.73 Å². The fourth-order valence-corrected chi connectivity index (χ4v) is 2.35. The van der Waals surface area contributed by atoms with Crippen molar-refractivity contribution in [1.82, 2.24) is 4.98 Å². The first kappa shape index (κ1) is 16.5. The SMILES string of the molecule is NCc1cccc(Cl)c1Cl.O=C(O)C1COc2ncccc21. The lowest BCUT2D eigenvalue weighted by atomic mass is 10.0. The summed E-state index contributed by atoms with van der Waals surface area (Å²) in [6.45, 7) is 0.626. The molecular formula is C15H14Cl2N2O3. The van der Waals surface area contributed by atoms with Gasteiger partial charge in [0.15, 0.2) is 0 Å². The van der Waals surface area contributed by atoms with Gasteiger partial charge in [-0.2, -0.15) is 0 Å². The molecule has 3 rings (SSSR count). The molecule has 1 atom stereocenters. The third-order valence-electron chi connectivity index (χ3n) is 3.11. The lowest BCUT2D eigenvalue weighted by molar-refractivity contribution is -0.138. The van der Waals surface area contributed by atoms with Crippen molar-refractivity contribution in [2.45, 2.75) is 12.5 Å². The Morgan fingerprint density at radius 3 is 2.77 bits per heavy atom. The molecule has 0 aliphatic carbocycles. The molecule has 1 aromatic carbocycles. The molecule has 116 valence electrons. The smallest absolute Gasteiger partial charge is 0.314 e. The second-order valence-electron chi connectivity index (χ2n) is 4.52. The second kappa shape index (κ2) is 7.45. The molecule has 7 heteroatoms. The zero-order valence-corrected chi connectivity index (χ0v) is 13.0. The highest BCUT2D eigenvalue weighted by molar-refractivity contribution is 6.42. The van der Waals surface area contributed by atoms with Gasteiger partial charge in [0.25, 0.3) is 0 Å². The van der Waals surface area contributed by atoms with Crippen LogP contribution in [-0.2, 0) is 11.3 Å². The number of fused-ring (bicyclic) bond motifs is 1. The van der Waals surface area contributed by atoms with Gasteiger partial charge < -0.3 is 15.6 Å². The number of hydrogen-bond donors (Lipinski definition) is 2. The van der Waals surface area contributed by atoms with Crippen molar-refractivity contribution in [2.75, 3.05) is 6.61 Å². The van der Waals surface area contributed by atoms with E-state index >= 15 is 0 Å². The van der Waals surface area contributed by atoms with Crippen LogP contribution in [0, 0.1) is 0 Å². The van der Waals surface area contributed by atoms with E-state index in [1.54, 1.807) is 24.4 Å². The highest BCUT2D eigenvalue weighted by Crippen LogP contribution is 2.31. The van der Waals surface area contributed by atoms with E-state index in [4.69, 9.17) is 38.8 Å². The standard InChI is InChI=1S/C8H7NO3.C7H7Cl2N/c10-8(11)6-4-12-7-5(6)2-1-3-9-7;8-6-3-1-2-5(4-10)7(6)9/h1-3,6H,4H2,(H,10,11);1-3H,4,10H2. The number of aliphatic carboxylic acids is 1. The normalized spacial score (nSPS) is 15.3. The van der Waals surface area contributed by atoms with E-state index in [0.29, 0.717) is 28.0 Å². The number of carbonyl (C=O) groups is 1. The van der Waals surface area contributed by atoms with E-state index in [1.807, 2.05) is 12.1 Å². The maximum atomic E-state index is 10.7. The molecule has 0 fully saturated rings. The van der Waals surface area contributed by atoms with Crippen LogP contribution in [0.2, 0.25) is 10.0 Å². The Labute approximate surface area is 137 Å². The molecule has 1 aromatic heterocycles. The van der Waals surface area contributed by atoms with Gasteiger partial charge in [0.2, 0.25) is 5.88 Å². The van der Waals surface area contributed by atoms with E-state index in [0.717, 1.165) is 5.56 Å². The Morgan fingerprint density at radius 1 is 1.36 bits per heavy atom. The van der Waals surface area contributed by atoms with Gasteiger partial charge >= 0.3 is 5.97 Å². The van der Waals surface area contributed by atoms with Crippen molar-refractivity contribution < 1.29 is 14.6 Å². The fraction of sp³-hybridized carbons (Fsp3) is 0.200. The highest BCUT2D eigenvalue weighted by Gasteiger charge is 2.30. The summed E-state index contributed by atoms with van der Waals surface area (Å²) in [6, 6.07) is 8.87. The van der Waals surface area contributed by atoms with Crippen molar-refractivity contribution in [3.63, 3.8) is 0 Å². The maximum Gasteiger partial charge on any atom is 0.314 e. The molecule has 0 saturated heterocycles. The molecule has 1 unspecified atom stereocenters. The van der Waals surface area contributed by atoms with E-state index in [9.17, 15) is 4.79 Å². The first-order valence-corrected chi connectivity index (χ1v) is 7.23. The van der Waals surface area contributed by atoms with Gasteiger partial charge in [-0.15, -0.1) is 0 Å². The van der Waals surface area contributed by atoms with Gasteiger partial charge in [-0.05, 0) is 17.7 Å². The predicted molar refractivity (Wildman–Crippen MR) is 84.5 cm³/mol. The van der Waals surface area contributed by atoms with Gasteiger partial charge in [-0.25, -0.2) is 4.98 Å². The first-order valence-electron chi connectivity index (χ1n) is 6.48. The molecule has 2 aromatic rings. The monoisotopic (exact) mass is 340 g/mol. The zero-order chi connectivity index (χ0) is 16.1. The second-order valence-corrected chi connectivity index (χ2v) is 5.30. The average molecular weight is 341 g/mol. The minimum atomic E-state index is -0.859. The number of halogens is 2. The summed E-state index contributed by atoms with van der Waals surface area (Å²) < 4.78 is 5.08. The number of aromatic nitrogens is 1. The Kier molecular flexibility index (Phi) is 5.60. The molecule has 0 radical (unpaired) electrons. The van der Waals surface area contributed by atoms with Crippen molar-refractivity contribution in [3.8, 4) is 5.88 Å². The molecule has 3 N–H and O–H groups in total. The third-order valence-corrected chi connectivity index (χ3v) is 3.97. The van der Waals surface area contributed by atoms with Crippen LogP contribution in [0.5, 0.6) is 5.88 Å². The molecule has 1 aliphatic rings. The van der Waals surface area contributed by atoms with Crippen LogP contribution in [0.3, 0.4) is 0 Å². The first-order chi connectivity index (χ1) is 10.5. The van der Waals surface area contributed by atoms with Crippen molar-refractivity contribution in [1.29, 1.82) is 0 Å². The van der Waals surface area contributed by atoms with Crippen molar-refractivity contribution in [3.05, 3.63) is 57.7 Å². The number of carboxylic acids is 1.